The number of hydrogen-bond acceptors (Lipinski definition) is 3. The minimum Gasteiger partial charge on any atom is -0.370 e. The Morgan fingerprint density at radius 3 is 2.23 bits per heavy atom. The zero-order chi connectivity index (χ0) is 29.0. The number of nitrogens with one attached hydrogen (secondary N) is 2. The van der Waals surface area contributed by atoms with E-state index in [2.05, 4.69) is 50.2 Å². The molecule has 0 spiro atoms. The molecule has 4 N–H and O–H groups in total. The van der Waals surface area contributed by atoms with Gasteiger partial charge in [-0.05, 0) is 86.3 Å². The molecule has 218 valence electrons. The normalized spacial score (nSPS) is 25.0. The molecule has 1 aliphatic carbocycles. The van der Waals surface area contributed by atoms with Crippen molar-refractivity contribution in [2.75, 3.05) is 18.4 Å². The molecule has 0 radical (unpaired) electrons. The summed E-state index contributed by atoms with van der Waals surface area (Å²) >= 11 is 12.6. The lowest BCUT2D eigenvalue weighted by molar-refractivity contribution is -0.118. The maximum absolute atomic E-state index is 12.0. The van der Waals surface area contributed by atoms with Crippen LogP contribution in [0.5, 0.6) is 0 Å². The highest BCUT2D eigenvalue weighted by atomic mass is 35.5. The molecule has 4 rings (SSSR count). The number of guanidine groups is 1. The van der Waals surface area contributed by atoms with Crippen molar-refractivity contribution in [1.82, 2.24) is 10.2 Å². The first-order valence-electron chi connectivity index (χ1n) is 14.6. The third-order valence-corrected chi connectivity index (χ3v) is 8.96. The standard InChI is InChI=1S/C32H45Cl2N5O/c1-20-18-39(19-21(2)36-20)31(38-26-13-8-23(9-14-26)32(3,4)5)37-25-11-6-22(7-12-25)28(17-30(35)40)27-15-10-24(33)16-29(27)34/h6-7,10-12,15-16,20-21,23,26,28,36H,8-9,13-14,17-19H2,1-5H3,(H2,35,40)(H,37,38). The van der Waals surface area contributed by atoms with Crippen molar-refractivity contribution < 1.29 is 4.79 Å². The molecule has 1 amide bonds. The number of benzene rings is 2. The summed E-state index contributed by atoms with van der Waals surface area (Å²) in [6.07, 6.45) is 4.86. The van der Waals surface area contributed by atoms with Gasteiger partial charge in [-0.25, -0.2) is 4.99 Å². The highest BCUT2D eigenvalue weighted by Gasteiger charge is 2.31. The average Bonchev–Trinajstić information content (AvgIpc) is 2.87. The number of piperazine rings is 1. The van der Waals surface area contributed by atoms with Crippen molar-refractivity contribution in [3.8, 4) is 0 Å². The fraction of sp³-hybridized carbons (Fsp3) is 0.562. The highest BCUT2D eigenvalue weighted by Crippen LogP contribution is 2.39. The summed E-state index contributed by atoms with van der Waals surface area (Å²) in [6, 6.07) is 14.6. The molecule has 40 heavy (non-hydrogen) atoms. The Morgan fingerprint density at radius 1 is 1.05 bits per heavy atom. The molecule has 2 aliphatic rings. The van der Waals surface area contributed by atoms with Crippen molar-refractivity contribution >= 4 is 40.8 Å². The molecule has 3 atom stereocenters. The quantitative estimate of drug-likeness (QED) is 0.250. The van der Waals surface area contributed by atoms with E-state index in [1.54, 1.807) is 12.1 Å². The molecule has 6 nitrogen and oxygen atoms in total. The second-order valence-electron chi connectivity index (χ2n) is 12.8. The SMILES string of the molecule is CC1CN(/C(=N/C2CCC(C(C)(C)C)CC2)Nc2ccc(C(CC(N)=O)c3ccc(Cl)cc3Cl)cc2)CC(C)N1. The number of primary amides is 1. The maximum atomic E-state index is 12.0. The van der Waals surface area contributed by atoms with Gasteiger partial charge in [0.05, 0.1) is 6.04 Å². The van der Waals surface area contributed by atoms with Crippen molar-refractivity contribution in [2.24, 2.45) is 22.1 Å². The average molecular weight is 587 g/mol. The van der Waals surface area contributed by atoms with E-state index in [0.29, 0.717) is 33.6 Å². The zero-order valence-electron chi connectivity index (χ0n) is 24.5. The lowest BCUT2D eigenvalue weighted by atomic mass is 9.71. The first kappa shape index (κ1) is 30.7. The van der Waals surface area contributed by atoms with Crippen molar-refractivity contribution in [2.45, 2.75) is 90.8 Å². The topological polar surface area (TPSA) is 82.8 Å². The molecule has 2 aromatic rings. The minimum atomic E-state index is -0.379. The van der Waals surface area contributed by atoms with Crippen LogP contribution in [0.4, 0.5) is 5.69 Å². The fourth-order valence-electron chi connectivity index (χ4n) is 6.26. The Labute approximate surface area is 250 Å². The molecule has 1 heterocycles. The third-order valence-electron chi connectivity index (χ3n) is 8.40. The monoisotopic (exact) mass is 585 g/mol. The van der Waals surface area contributed by atoms with Gasteiger partial charge in [-0.2, -0.15) is 0 Å². The Kier molecular flexibility index (Phi) is 10.1. The third kappa shape index (κ3) is 8.14. The van der Waals surface area contributed by atoms with E-state index < -0.39 is 0 Å². The number of rotatable bonds is 6. The number of carbonyl (C=O) groups excluding carboxylic acids is 1. The van der Waals surface area contributed by atoms with Crippen LogP contribution in [0, 0.1) is 11.3 Å². The van der Waals surface area contributed by atoms with Gasteiger partial charge in [0.2, 0.25) is 5.91 Å². The predicted octanol–water partition coefficient (Wildman–Crippen LogP) is 7.06. The summed E-state index contributed by atoms with van der Waals surface area (Å²) < 4.78 is 0. The second-order valence-corrected chi connectivity index (χ2v) is 13.7. The maximum Gasteiger partial charge on any atom is 0.218 e. The van der Waals surface area contributed by atoms with Crippen LogP contribution in [0.2, 0.25) is 10.0 Å². The molecule has 2 fully saturated rings. The van der Waals surface area contributed by atoms with Gasteiger partial charge in [-0.1, -0.05) is 62.2 Å². The van der Waals surface area contributed by atoms with E-state index in [4.69, 9.17) is 33.9 Å². The van der Waals surface area contributed by atoms with Gasteiger partial charge in [-0.3, -0.25) is 4.79 Å². The number of carbonyl (C=O) groups is 1. The molecule has 1 saturated carbocycles. The molecule has 8 heteroatoms. The summed E-state index contributed by atoms with van der Waals surface area (Å²) in [4.78, 5) is 19.7. The van der Waals surface area contributed by atoms with Crippen LogP contribution in [0.1, 0.15) is 83.8 Å². The molecule has 0 aromatic heterocycles. The summed E-state index contributed by atoms with van der Waals surface area (Å²) in [5.74, 6) is 1.07. The van der Waals surface area contributed by atoms with Gasteiger partial charge in [0, 0.05) is 53.2 Å². The van der Waals surface area contributed by atoms with Gasteiger partial charge >= 0.3 is 0 Å². The highest BCUT2D eigenvalue weighted by molar-refractivity contribution is 6.35. The summed E-state index contributed by atoms with van der Waals surface area (Å²) in [6.45, 7) is 13.3. The van der Waals surface area contributed by atoms with Crippen LogP contribution in [0.3, 0.4) is 0 Å². The molecule has 1 saturated heterocycles. The number of anilines is 1. The molecule has 1 aliphatic heterocycles. The molecular weight excluding hydrogens is 541 g/mol. The van der Waals surface area contributed by atoms with Crippen LogP contribution in [0.25, 0.3) is 0 Å². The number of amides is 1. The van der Waals surface area contributed by atoms with E-state index in [0.717, 1.165) is 54.6 Å². The second kappa shape index (κ2) is 13.1. The van der Waals surface area contributed by atoms with E-state index in [-0.39, 0.29) is 18.2 Å². The molecule has 0 bridgehead atoms. The lowest BCUT2D eigenvalue weighted by Gasteiger charge is -2.39. The van der Waals surface area contributed by atoms with Crippen molar-refractivity contribution in [1.29, 1.82) is 0 Å². The smallest absolute Gasteiger partial charge is 0.218 e. The Balaban J connectivity index is 1.56. The fourth-order valence-corrected chi connectivity index (χ4v) is 6.80. The molecule has 2 aromatic carbocycles. The lowest BCUT2D eigenvalue weighted by Crippen LogP contribution is -2.57. The Hall–Kier alpha value is -2.28. The van der Waals surface area contributed by atoms with E-state index >= 15 is 0 Å². The van der Waals surface area contributed by atoms with Gasteiger partial charge in [0.1, 0.15) is 0 Å². The van der Waals surface area contributed by atoms with Crippen LogP contribution in [-0.4, -0.2) is 48.0 Å². The molecular formula is C32H45Cl2N5O. The first-order valence-corrected chi connectivity index (χ1v) is 15.3. The van der Waals surface area contributed by atoms with Crippen LogP contribution >= 0.6 is 23.2 Å². The minimum absolute atomic E-state index is 0.161. The van der Waals surface area contributed by atoms with Gasteiger partial charge in [0.15, 0.2) is 5.96 Å². The van der Waals surface area contributed by atoms with Crippen LogP contribution in [0.15, 0.2) is 47.5 Å². The first-order chi connectivity index (χ1) is 18.9. The summed E-state index contributed by atoms with van der Waals surface area (Å²) in [5, 5.41) is 8.37. The number of hydrogen-bond donors (Lipinski definition) is 3. The van der Waals surface area contributed by atoms with Gasteiger partial charge in [-0.15, -0.1) is 0 Å². The number of aliphatic imine (C=N–C) groups is 1. The summed E-state index contributed by atoms with van der Waals surface area (Å²) in [7, 11) is 0. The van der Waals surface area contributed by atoms with E-state index in [9.17, 15) is 4.79 Å². The zero-order valence-corrected chi connectivity index (χ0v) is 26.0. The van der Waals surface area contributed by atoms with E-state index in [1.807, 2.05) is 30.3 Å². The van der Waals surface area contributed by atoms with Gasteiger partial charge < -0.3 is 21.3 Å². The predicted molar refractivity (Wildman–Crippen MR) is 168 cm³/mol. The number of nitrogens with two attached hydrogens (primary N) is 1. The van der Waals surface area contributed by atoms with Crippen molar-refractivity contribution in [3.05, 3.63) is 63.6 Å². The summed E-state index contributed by atoms with van der Waals surface area (Å²) in [5.41, 5.74) is 8.74. The van der Waals surface area contributed by atoms with Crippen LogP contribution < -0.4 is 16.4 Å². The van der Waals surface area contributed by atoms with Gasteiger partial charge in [0.25, 0.3) is 0 Å². The number of halogens is 2. The van der Waals surface area contributed by atoms with Crippen molar-refractivity contribution in [3.63, 3.8) is 0 Å². The number of nitrogens with zero attached hydrogens (tertiary/aromatic N) is 2. The largest absolute Gasteiger partial charge is 0.370 e. The van der Waals surface area contributed by atoms with E-state index in [1.165, 1.54) is 12.8 Å². The molecule has 3 unspecified atom stereocenters. The Bertz CT molecular complexity index is 1170. The Morgan fingerprint density at radius 2 is 1.68 bits per heavy atom. The van der Waals surface area contributed by atoms with Crippen LogP contribution in [-0.2, 0) is 4.79 Å².